The van der Waals surface area contributed by atoms with E-state index in [0.29, 0.717) is 11.7 Å². The third-order valence-electron chi connectivity index (χ3n) is 3.64. The fourth-order valence-corrected chi connectivity index (χ4v) is 3.24. The molecular weight excluding hydrogens is 286 g/mol. The fourth-order valence-electron chi connectivity index (χ4n) is 2.53. The van der Waals surface area contributed by atoms with Crippen molar-refractivity contribution >= 4 is 22.5 Å². The summed E-state index contributed by atoms with van der Waals surface area (Å²) in [5.41, 5.74) is 1.89. The molecule has 5 nitrogen and oxygen atoms in total. The number of anilines is 1. The smallest absolute Gasteiger partial charge is 0.323 e. The number of carbonyl (C=O) groups excluding carboxylic acids is 1. The molecule has 0 aliphatic carbocycles. The Labute approximate surface area is 127 Å². The van der Waals surface area contributed by atoms with Crippen molar-refractivity contribution in [3.05, 3.63) is 35.7 Å². The minimum Gasteiger partial charge on any atom is -0.394 e. The first kappa shape index (κ1) is 14.0. The molecule has 2 N–H and O–H groups in total. The Bertz CT molecular complexity index is 614. The number of amides is 2. The van der Waals surface area contributed by atoms with Crippen molar-refractivity contribution < 1.29 is 9.90 Å². The van der Waals surface area contributed by atoms with Crippen molar-refractivity contribution in [3.63, 3.8) is 0 Å². The van der Waals surface area contributed by atoms with Crippen LogP contribution < -0.4 is 5.32 Å². The van der Waals surface area contributed by atoms with Gasteiger partial charge in [-0.15, -0.1) is 11.3 Å². The summed E-state index contributed by atoms with van der Waals surface area (Å²) in [6, 6.07) is 9.61. The first-order valence-electron chi connectivity index (χ1n) is 6.97. The fraction of sp³-hybridized carbons (Fsp3) is 0.333. The predicted molar refractivity (Wildman–Crippen MR) is 83.4 cm³/mol. The average molecular weight is 303 g/mol. The van der Waals surface area contributed by atoms with Crippen LogP contribution in [-0.4, -0.2) is 40.2 Å². The van der Waals surface area contributed by atoms with Gasteiger partial charge in [0, 0.05) is 17.5 Å². The van der Waals surface area contributed by atoms with E-state index in [4.69, 9.17) is 0 Å². The second-order valence-corrected chi connectivity index (χ2v) is 5.86. The van der Waals surface area contributed by atoms with Gasteiger partial charge in [0.1, 0.15) is 0 Å². The summed E-state index contributed by atoms with van der Waals surface area (Å²) in [6.07, 6.45) is 1.79. The highest BCUT2D eigenvalue weighted by atomic mass is 32.1. The molecule has 2 amide bonds. The zero-order valence-corrected chi connectivity index (χ0v) is 12.3. The summed E-state index contributed by atoms with van der Waals surface area (Å²) in [5.74, 6) is 0. The van der Waals surface area contributed by atoms with Gasteiger partial charge in [-0.05, 0) is 12.8 Å². The van der Waals surface area contributed by atoms with Gasteiger partial charge in [-0.2, -0.15) is 0 Å². The quantitative estimate of drug-likeness (QED) is 0.916. The zero-order chi connectivity index (χ0) is 14.7. The lowest BCUT2D eigenvalue weighted by Crippen LogP contribution is -2.40. The summed E-state index contributed by atoms with van der Waals surface area (Å²) in [7, 11) is 0. The van der Waals surface area contributed by atoms with Crippen LogP contribution in [0.15, 0.2) is 35.7 Å². The maximum Gasteiger partial charge on any atom is 0.323 e. The number of aliphatic hydroxyl groups is 1. The monoisotopic (exact) mass is 303 g/mol. The first-order chi connectivity index (χ1) is 10.3. The van der Waals surface area contributed by atoms with E-state index in [1.807, 2.05) is 35.7 Å². The molecule has 0 spiro atoms. The van der Waals surface area contributed by atoms with Gasteiger partial charge in [-0.25, -0.2) is 9.78 Å². The molecule has 1 aliphatic rings. The molecule has 2 aromatic rings. The highest BCUT2D eigenvalue weighted by molar-refractivity contribution is 7.14. The SMILES string of the molecule is O=C(Nc1nc(-c2ccccc2)cs1)N1CCC[C@H]1CO. The minimum atomic E-state index is -0.180. The topological polar surface area (TPSA) is 65.5 Å². The maximum absolute atomic E-state index is 12.2. The Morgan fingerprint density at radius 1 is 1.43 bits per heavy atom. The number of carbonyl (C=O) groups is 1. The molecule has 1 atom stereocenters. The van der Waals surface area contributed by atoms with E-state index in [-0.39, 0.29) is 18.7 Å². The first-order valence-corrected chi connectivity index (χ1v) is 7.85. The molecule has 2 heterocycles. The summed E-state index contributed by atoms with van der Waals surface area (Å²) < 4.78 is 0. The minimum absolute atomic E-state index is 0.0144. The Kier molecular flexibility index (Phi) is 4.17. The van der Waals surface area contributed by atoms with Crippen LogP contribution in [0, 0.1) is 0 Å². The van der Waals surface area contributed by atoms with Crippen LogP contribution in [-0.2, 0) is 0 Å². The number of hydrogen-bond donors (Lipinski definition) is 2. The molecule has 110 valence electrons. The number of hydrogen-bond acceptors (Lipinski definition) is 4. The van der Waals surface area contributed by atoms with Crippen LogP contribution in [0.2, 0.25) is 0 Å². The number of urea groups is 1. The van der Waals surface area contributed by atoms with Gasteiger partial charge in [0.05, 0.1) is 18.3 Å². The van der Waals surface area contributed by atoms with E-state index in [1.54, 1.807) is 4.90 Å². The molecule has 6 heteroatoms. The predicted octanol–water partition coefficient (Wildman–Crippen LogP) is 2.80. The second kappa shape index (κ2) is 6.24. The van der Waals surface area contributed by atoms with Gasteiger partial charge in [-0.1, -0.05) is 30.3 Å². The van der Waals surface area contributed by atoms with Crippen LogP contribution in [0.25, 0.3) is 11.3 Å². The molecular formula is C15H17N3O2S. The van der Waals surface area contributed by atoms with Crippen LogP contribution >= 0.6 is 11.3 Å². The second-order valence-electron chi connectivity index (χ2n) is 5.01. The van der Waals surface area contributed by atoms with Crippen LogP contribution in [0.4, 0.5) is 9.93 Å². The summed E-state index contributed by atoms with van der Waals surface area (Å²) >= 11 is 1.41. The number of thiazole rings is 1. The van der Waals surface area contributed by atoms with Crippen molar-refractivity contribution in [1.82, 2.24) is 9.88 Å². The molecule has 1 aromatic heterocycles. The van der Waals surface area contributed by atoms with E-state index in [0.717, 1.165) is 24.1 Å². The lowest BCUT2D eigenvalue weighted by atomic mass is 10.2. The molecule has 0 radical (unpaired) electrons. The van der Waals surface area contributed by atoms with E-state index >= 15 is 0 Å². The highest BCUT2D eigenvalue weighted by Crippen LogP contribution is 2.25. The summed E-state index contributed by atoms with van der Waals surface area (Å²) in [5, 5.41) is 14.6. The molecule has 1 aromatic carbocycles. The van der Waals surface area contributed by atoms with Crippen molar-refractivity contribution in [2.45, 2.75) is 18.9 Å². The van der Waals surface area contributed by atoms with Crippen molar-refractivity contribution in [2.75, 3.05) is 18.5 Å². The number of likely N-dealkylation sites (tertiary alicyclic amines) is 1. The third-order valence-corrected chi connectivity index (χ3v) is 4.39. The van der Waals surface area contributed by atoms with Gasteiger partial charge in [0.25, 0.3) is 0 Å². The molecule has 1 aliphatic heterocycles. The lowest BCUT2D eigenvalue weighted by molar-refractivity contribution is 0.166. The molecule has 1 fully saturated rings. The van der Waals surface area contributed by atoms with Gasteiger partial charge in [0.2, 0.25) is 0 Å². The lowest BCUT2D eigenvalue weighted by Gasteiger charge is -2.22. The van der Waals surface area contributed by atoms with Gasteiger partial charge >= 0.3 is 6.03 Å². The van der Waals surface area contributed by atoms with Crippen molar-refractivity contribution in [1.29, 1.82) is 0 Å². The molecule has 21 heavy (non-hydrogen) atoms. The number of aromatic nitrogens is 1. The maximum atomic E-state index is 12.2. The molecule has 0 unspecified atom stereocenters. The number of rotatable bonds is 3. The highest BCUT2D eigenvalue weighted by Gasteiger charge is 2.28. The standard InChI is InChI=1S/C15H17N3O2S/c19-9-12-7-4-8-18(12)15(20)17-14-16-13(10-21-14)11-5-2-1-3-6-11/h1-3,5-6,10,12,19H,4,7-9H2,(H,16,17,20)/t12-/m0/s1. The number of aliphatic hydroxyl groups excluding tert-OH is 1. The number of nitrogens with zero attached hydrogens (tertiary/aromatic N) is 2. The normalized spacial score (nSPS) is 18.0. The summed E-state index contributed by atoms with van der Waals surface area (Å²) in [6.45, 7) is 0.703. The van der Waals surface area contributed by atoms with E-state index in [9.17, 15) is 9.90 Å². The Morgan fingerprint density at radius 2 is 2.24 bits per heavy atom. The van der Waals surface area contributed by atoms with E-state index in [2.05, 4.69) is 10.3 Å². The van der Waals surface area contributed by atoms with Crippen LogP contribution in [0.5, 0.6) is 0 Å². The molecule has 3 rings (SSSR count). The largest absolute Gasteiger partial charge is 0.394 e. The molecule has 0 saturated carbocycles. The van der Waals surface area contributed by atoms with E-state index in [1.165, 1.54) is 11.3 Å². The number of benzene rings is 1. The Hall–Kier alpha value is -1.92. The van der Waals surface area contributed by atoms with Crippen LogP contribution in [0.1, 0.15) is 12.8 Å². The molecule has 0 bridgehead atoms. The Balaban J connectivity index is 1.69. The average Bonchev–Trinajstić information content (AvgIpc) is 3.16. The molecule has 1 saturated heterocycles. The van der Waals surface area contributed by atoms with Crippen LogP contribution in [0.3, 0.4) is 0 Å². The zero-order valence-electron chi connectivity index (χ0n) is 11.5. The Morgan fingerprint density at radius 3 is 3.00 bits per heavy atom. The van der Waals surface area contributed by atoms with E-state index < -0.39 is 0 Å². The van der Waals surface area contributed by atoms with Crippen molar-refractivity contribution in [2.24, 2.45) is 0 Å². The van der Waals surface area contributed by atoms with Gasteiger partial charge in [-0.3, -0.25) is 5.32 Å². The van der Waals surface area contributed by atoms with Gasteiger partial charge < -0.3 is 10.0 Å². The third kappa shape index (κ3) is 3.06. The van der Waals surface area contributed by atoms with Crippen molar-refractivity contribution in [3.8, 4) is 11.3 Å². The summed E-state index contributed by atoms with van der Waals surface area (Å²) in [4.78, 5) is 18.3. The van der Waals surface area contributed by atoms with Gasteiger partial charge in [0.15, 0.2) is 5.13 Å². The number of nitrogens with one attached hydrogen (secondary N) is 1.